The first-order valence-corrected chi connectivity index (χ1v) is 5.40. The number of hydrogen-bond donors (Lipinski definition) is 1. The average Bonchev–Trinajstić information content (AvgIpc) is 2.75. The Bertz CT molecular complexity index is 282. The third-order valence-electron chi connectivity index (χ3n) is 2.33. The number of rotatable bonds is 6. The van der Waals surface area contributed by atoms with Crippen LogP contribution in [0.2, 0.25) is 0 Å². The molecule has 0 aliphatic carbocycles. The van der Waals surface area contributed by atoms with Crippen LogP contribution in [0, 0.1) is 0 Å². The highest BCUT2D eigenvalue weighted by atomic mass is 16.2. The lowest BCUT2D eigenvalue weighted by Crippen LogP contribution is -2.39. The summed E-state index contributed by atoms with van der Waals surface area (Å²) in [4.78, 5) is 11.5. The van der Waals surface area contributed by atoms with Crippen molar-refractivity contribution in [1.82, 2.24) is 9.58 Å². The van der Waals surface area contributed by atoms with Crippen molar-refractivity contribution >= 4 is 5.91 Å². The minimum atomic E-state index is 0.0315. The molecule has 0 spiro atoms. The van der Waals surface area contributed by atoms with Gasteiger partial charge in [0.2, 0.25) is 5.91 Å². The van der Waals surface area contributed by atoms with Crippen LogP contribution in [0.5, 0.6) is 0 Å². The molecule has 0 aromatic carbocycles. The highest BCUT2D eigenvalue weighted by Crippen LogP contribution is 1.98. The molecule has 1 aromatic heterocycles. The van der Waals surface area contributed by atoms with E-state index < -0.39 is 0 Å². The summed E-state index contributed by atoms with van der Waals surface area (Å²) in [5.41, 5.74) is 0. The van der Waals surface area contributed by atoms with Gasteiger partial charge < -0.3 is 4.57 Å². The Hall–Kier alpha value is -1.29. The van der Waals surface area contributed by atoms with Crippen LogP contribution in [0.25, 0.3) is 0 Å². The predicted molar refractivity (Wildman–Crippen MR) is 59.9 cm³/mol. The van der Waals surface area contributed by atoms with Gasteiger partial charge in [-0.1, -0.05) is 13.3 Å². The average molecular weight is 209 g/mol. The van der Waals surface area contributed by atoms with Crippen LogP contribution >= 0.6 is 0 Å². The van der Waals surface area contributed by atoms with Crippen molar-refractivity contribution in [1.29, 1.82) is 0 Å². The van der Waals surface area contributed by atoms with Gasteiger partial charge in [-0.25, -0.2) is 5.84 Å². The van der Waals surface area contributed by atoms with E-state index in [2.05, 4.69) is 6.92 Å². The molecule has 0 bridgehead atoms. The molecule has 1 rings (SSSR count). The first kappa shape index (κ1) is 11.8. The standard InChI is InChI=1S/C11H19N3O/c1-2-3-6-11(15)14(12)10-9-13-7-4-5-8-13/h4-5,7-8H,2-3,6,9-10,12H2,1H3. The zero-order valence-electron chi connectivity index (χ0n) is 9.22. The van der Waals surface area contributed by atoms with Crippen molar-refractivity contribution in [2.75, 3.05) is 6.54 Å². The SMILES string of the molecule is CCCCC(=O)N(N)CCn1cccc1. The van der Waals surface area contributed by atoms with E-state index in [-0.39, 0.29) is 5.91 Å². The van der Waals surface area contributed by atoms with E-state index in [1.54, 1.807) is 0 Å². The molecule has 0 aliphatic heterocycles. The lowest BCUT2D eigenvalue weighted by molar-refractivity contribution is -0.131. The number of amides is 1. The number of carbonyl (C=O) groups excluding carboxylic acids is 1. The van der Waals surface area contributed by atoms with E-state index in [9.17, 15) is 4.79 Å². The Kier molecular flexibility index (Phi) is 4.90. The molecule has 4 nitrogen and oxygen atoms in total. The topological polar surface area (TPSA) is 51.3 Å². The minimum Gasteiger partial charge on any atom is -0.352 e. The van der Waals surface area contributed by atoms with Gasteiger partial charge in [0, 0.05) is 25.4 Å². The summed E-state index contributed by atoms with van der Waals surface area (Å²) in [5, 5.41) is 1.32. The van der Waals surface area contributed by atoms with E-state index in [0.717, 1.165) is 19.4 Å². The van der Waals surface area contributed by atoms with Gasteiger partial charge in [0.1, 0.15) is 0 Å². The van der Waals surface area contributed by atoms with Crippen LogP contribution < -0.4 is 5.84 Å². The fourth-order valence-electron chi connectivity index (χ4n) is 1.34. The molecule has 0 aliphatic rings. The van der Waals surface area contributed by atoms with Gasteiger partial charge in [-0.15, -0.1) is 0 Å². The maximum absolute atomic E-state index is 11.5. The molecule has 0 saturated carbocycles. The lowest BCUT2D eigenvalue weighted by atomic mass is 10.2. The second-order valence-corrected chi connectivity index (χ2v) is 3.61. The maximum atomic E-state index is 11.5. The van der Waals surface area contributed by atoms with Crippen molar-refractivity contribution in [3.63, 3.8) is 0 Å². The fraction of sp³-hybridized carbons (Fsp3) is 0.545. The molecule has 1 aromatic rings. The summed E-state index contributed by atoms with van der Waals surface area (Å²) in [5.74, 6) is 5.68. The quantitative estimate of drug-likeness (QED) is 0.437. The highest BCUT2D eigenvalue weighted by molar-refractivity contribution is 5.75. The molecule has 0 saturated heterocycles. The minimum absolute atomic E-state index is 0.0315. The number of nitrogens with zero attached hydrogens (tertiary/aromatic N) is 2. The predicted octanol–water partition coefficient (Wildman–Crippen LogP) is 1.38. The maximum Gasteiger partial charge on any atom is 0.236 e. The Balaban J connectivity index is 2.23. The van der Waals surface area contributed by atoms with Crippen molar-refractivity contribution in [2.24, 2.45) is 5.84 Å². The molecule has 15 heavy (non-hydrogen) atoms. The van der Waals surface area contributed by atoms with Crippen molar-refractivity contribution in [3.8, 4) is 0 Å². The van der Waals surface area contributed by atoms with Gasteiger partial charge in [0.15, 0.2) is 0 Å². The molecule has 2 N–H and O–H groups in total. The molecule has 0 radical (unpaired) electrons. The summed E-state index contributed by atoms with van der Waals surface area (Å²) in [7, 11) is 0. The summed E-state index contributed by atoms with van der Waals surface area (Å²) >= 11 is 0. The van der Waals surface area contributed by atoms with E-state index in [0.29, 0.717) is 13.0 Å². The number of carbonyl (C=O) groups is 1. The molecule has 4 heteroatoms. The van der Waals surface area contributed by atoms with E-state index >= 15 is 0 Å². The molecule has 1 heterocycles. The van der Waals surface area contributed by atoms with Crippen LogP contribution in [0.3, 0.4) is 0 Å². The van der Waals surface area contributed by atoms with E-state index in [1.807, 2.05) is 29.1 Å². The Morgan fingerprint density at radius 1 is 1.40 bits per heavy atom. The number of hydrazine groups is 1. The number of aromatic nitrogens is 1. The first-order chi connectivity index (χ1) is 7.24. The number of hydrogen-bond acceptors (Lipinski definition) is 2. The highest BCUT2D eigenvalue weighted by Gasteiger charge is 2.07. The second kappa shape index (κ2) is 6.24. The zero-order chi connectivity index (χ0) is 11.1. The van der Waals surface area contributed by atoms with Crippen LogP contribution in [0.4, 0.5) is 0 Å². The Morgan fingerprint density at radius 3 is 2.67 bits per heavy atom. The van der Waals surface area contributed by atoms with Gasteiger partial charge >= 0.3 is 0 Å². The normalized spacial score (nSPS) is 10.3. The number of unbranched alkanes of at least 4 members (excludes halogenated alkanes) is 1. The zero-order valence-corrected chi connectivity index (χ0v) is 9.22. The van der Waals surface area contributed by atoms with Crippen LogP contribution in [-0.4, -0.2) is 22.0 Å². The van der Waals surface area contributed by atoms with Gasteiger partial charge in [0.05, 0.1) is 6.54 Å². The number of nitrogens with two attached hydrogens (primary N) is 1. The van der Waals surface area contributed by atoms with Crippen molar-refractivity contribution < 1.29 is 4.79 Å². The molecular weight excluding hydrogens is 190 g/mol. The van der Waals surface area contributed by atoms with E-state index in [1.165, 1.54) is 5.01 Å². The molecule has 1 amide bonds. The van der Waals surface area contributed by atoms with Crippen molar-refractivity contribution in [3.05, 3.63) is 24.5 Å². The Morgan fingerprint density at radius 2 is 2.07 bits per heavy atom. The van der Waals surface area contributed by atoms with Gasteiger partial charge in [-0.05, 0) is 18.6 Å². The summed E-state index contributed by atoms with van der Waals surface area (Å²) < 4.78 is 2.01. The van der Waals surface area contributed by atoms with Crippen molar-refractivity contribution in [2.45, 2.75) is 32.7 Å². The third-order valence-corrected chi connectivity index (χ3v) is 2.33. The monoisotopic (exact) mass is 209 g/mol. The summed E-state index contributed by atoms with van der Waals surface area (Å²) in [6.07, 6.45) is 6.42. The van der Waals surface area contributed by atoms with Crippen LogP contribution in [0.1, 0.15) is 26.2 Å². The first-order valence-electron chi connectivity index (χ1n) is 5.40. The van der Waals surface area contributed by atoms with Gasteiger partial charge in [0.25, 0.3) is 0 Å². The molecular formula is C11H19N3O. The van der Waals surface area contributed by atoms with Crippen LogP contribution in [0.15, 0.2) is 24.5 Å². The molecule has 0 atom stereocenters. The third kappa shape index (κ3) is 4.16. The summed E-state index contributed by atoms with van der Waals surface area (Å²) in [6.45, 7) is 3.38. The fourth-order valence-corrected chi connectivity index (χ4v) is 1.34. The van der Waals surface area contributed by atoms with Gasteiger partial charge in [-0.2, -0.15) is 0 Å². The summed E-state index contributed by atoms with van der Waals surface area (Å²) in [6, 6.07) is 3.92. The van der Waals surface area contributed by atoms with Gasteiger partial charge in [-0.3, -0.25) is 9.80 Å². The molecule has 0 fully saturated rings. The smallest absolute Gasteiger partial charge is 0.236 e. The Labute approximate surface area is 90.6 Å². The molecule has 84 valence electrons. The van der Waals surface area contributed by atoms with E-state index in [4.69, 9.17) is 5.84 Å². The van der Waals surface area contributed by atoms with Crippen LogP contribution in [-0.2, 0) is 11.3 Å². The molecule has 0 unspecified atom stereocenters. The largest absolute Gasteiger partial charge is 0.352 e. The lowest BCUT2D eigenvalue weighted by Gasteiger charge is -2.16. The second-order valence-electron chi connectivity index (χ2n) is 3.61.